The van der Waals surface area contributed by atoms with E-state index in [4.69, 9.17) is 9.47 Å². The molecular formula is C46H41FN2O6S2. The Kier molecular flexibility index (Phi) is 10.7. The molecule has 8 nitrogen and oxygen atoms in total. The predicted octanol–water partition coefficient (Wildman–Crippen LogP) is 10.4. The molecule has 2 atom stereocenters. The fourth-order valence-corrected chi connectivity index (χ4v) is 9.18. The van der Waals surface area contributed by atoms with E-state index in [2.05, 4.69) is 17.6 Å². The summed E-state index contributed by atoms with van der Waals surface area (Å²) < 4.78 is 25.7. The van der Waals surface area contributed by atoms with Crippen LogP contribution in [0, 0.1) is 12.7 Å². The highest BCUT2D eigenvalue weighted by molar-refractivity contribution is 7.16. The van der Waals surface area contributed by atoms with Gasteiger partial charge in [-0.25, -0.2) is 4.39 Å². The molecule has 0 spiro atoms. The lowest BCUT2D eigenvalue weighted by Crippen LogP contribution is -2.48. The van der Waals surface area contributed by atoms with Gasteiger partial charge in [0.1, 0.15) is 38.1 Å². The molecule has 0 aliphatic carbocycles. The number of aryl methyl sites for hydroxylation is 2. The number of hydrogen-bond acceptors (Lipinski definition) is 8. The number of carbonyl (C=O) groups excluding carboxylic acids is 4. The fourth-order valence-electron chi connectivity index (χ4n) is 7.27. The summed E-state index contributed by atoms with van der Waals surface area (Å²) in [6.07, 6.45) is 0.902. The van der Waals surface area contributed by atoms with Gasteiger partial charge in [-0.1, -0.05) is 73.7 Å². The highest BCUT2D eigenvalue weighted by atomic mass is 32.1. The molecule has 2 unspecified atom stereocenters. The number of hydrogen-bond donors (Lipinski definition) is 2. The number of amides is 2. The third kappa shape index (κ3) is 6.74. The van der Waals surface area contributed by atoms with Crippen molar-refractivity contribution in [1.29, 1.82) is 0 Å². The van der Waals surface area contributed by atoms with Crippen LogP contribution in [0.4, 0.5) is 14.4 Å². The number of benzene rings is 4. The van der Waals surface area contributed by atoms with Gasteiger partial charge in [0.25, 0.3) is 0 Å². The average Bonchev–Trinajstić information content (AvgIpc) is 3.84. The van der Waals surface area contributed by atoms with E-state index in [0.29, 0.717) is 55.7 Å². The van der Waals surface area contributed by atoms with Crippen LogP contribution >= 0.6 is 22.7 Å². The average molecular weight is 801 g/mol. The van der Waals surface area contributed by atoms with E-state index in [1.807, 2.05) is 67.8 Å². The standard InChI is InChI=1S/C23H20FNO3S.C23H21NO3S/c1-4-28-15-8-6-14(7-9-15)23(3)20(26)19-17(12-29-21(19)25-22(23)27)16-10-5-13(2)11-18(16)24;1-4-14-10-11-16(18(12-14)27-3)17-13-28-21-19(17)20(25)23(2,22(26)24-21)15-8-6-5-7-9-15/h5-12H,4H2,1-3H3,(H,25,27);5-13H,4H2,1-3H3,(H,24,26). The van der Waals surface area contributed by atoms with Crippen molar-refractivity contribution < 1.29 is 33.0 Å². The Balaban J connectivity index is 0.000000174. The molecule has 0 saturated carbocycles. The SMILES string of the molecule is CCOc1ccc(C2(C)C(=O)Nc3scc(-c4ccc(C)cc4F)c3C2=O)cc1.CCc1ccc(-c2csc3c2C(=O)C(C)(c2ccccc2)C(=O)N3)c(OC)c1. The van der Waals surface area contributed by atoms with Crippen LogP contribution in [0.5, 0.6) is 11.5 Å². The van der Waals surface area contributed by atoms with Crippen LogP contribution in [0.25, 0.3) is 22.3 Å². The first-order valence-electron chi connectivity index (χ1n) is 18.5. The summed E-state index contributed by atoms with van der Waals surface area (Å²) in [7, 11) is 1.63. The zero-order valence-electron chi connectivity index (χ0n) is 32.4. The van der Waals surface area contributed by atoms with Gasteiger partial charge < -0.3 is 20.1 Å². The lowest BCUT2D eigenvalue weighted by Gasteiger charge is -2.32. The van der Waals surface area contributed by atoms with Gasteiger partial charge in [0.2, 0.25) is 11.8 Å². The maximum absolute atomic E-state index is 14.6. The Morgan fingerprint density at radius 1 is 0.667 bits per heavy atom. The molecule has 4 aromatic carbocycles. The molecule has 8 rings (SSSR count). The van der Waals surface area contributed by atoms with Gasteiger partial charge in [-0.15, -0.1) is 22.7 Å². The number of thiophene rings is 2. The second-order valence-corrected chi connectivity index (χ2v) is 16.0. The minimum absolute atomic E-state index is 0.185. The molecule has 11 heteroatoms. The van der Waals surface area contributed by atoms with E-state index in [1.54, 1.807) is 62.7 Å². The summed E-state index contributed by atoms with van der Waals surface area (Å²) in [5.74, 6) is -0.201. The summed E-state index contributed by atoms with van der Waals surface area (Å²) in [6.45, 7) is 9.62. The molecule has 0 fully saturated rings. The normalized spacial score (nSPS) is 18.4. The first-order valence-corrected chi connectivity index (χ1v) is 20.3. The van der Waals surface area contributed by atoms with Crippen molar-refractivity contribution in [2.45, 2.75) is 51.9 Å². The lowest BCUT2D eigenvalue weighted by atomic mass is 9.73. The van der Waals surface area contributed by atoms with Crippen molar-refractivity contribution in [2.24, 2.45) is 0 Å². The third-order valence-electron chi connectivity index (χ3n) is 10.8. The van der Waals surface area contributed by atoms with E-state index in [1.165, 1.54) is 34.3 Å². The number of Topliss-reactive ketones (excluding diaryl/α,β-unsaturated/α-hetero) is 2. The van der Waals surface area contributed by atoms with Gasteiger partial charge in [0.15, 0.2) is 11.6 Å². The number of halogens is 1. The smallest absolute Gasteiger partial charge is 0.243 e. The van der Waals surface area contributed by atoms with Crippen molar-refractivity contribution in [1.82, 2.24) is 0 Å². The van der Waals surface area contributed by atoms with Crippen molar-refractivity contribution in [3.8, 4) is 33.8 Å². The number of fused-ring (bicyclic) bond motifs is 2. The van der Waals surface area contributed by atoms with Crippen molar-refractivity contribution in [3.05, 3.63) is 141 Å². The van der Waals surface area contributed by atoms with Crippen LogP contribution < -0.4 is 20.1 Å². The van der Waals surface area contributed by atoms with Crippen LogP contribution in [-0.4, -0.2) is 37.1 Å². The summed E-state index contributed by atoms with van der Waals surface area (Å²) in [5.41, 5.74) is 3.97. The van der Waals surface area contributed by atoms with Crippen LogP contribution in [-0.2, 0) is 26.8 Å². The molecule has 2 aliphatic rings. The fraction of sp³-hybridized carbons (Fsp3) is 0.217. The minimum Gasteiger partial charge on any atom is -0.496 e. The zero-order chi connectivity index (χ0) is 40.6. The molecule has 6 aromatic rings. The van der Waals surface area contributed by atoms with Crippen molar-refractivity contribution in [2.75, 3.05) is 24.4 Å². The van der Waals surface area contributed by atoms with Crippen LogP contribution in [0.15, 0.2) is 102 Å². The Bertz CT molecular complexity index is 2540. The Morgan fingerprint density at radius 3 is 1.74 bits per heavy atom. The van der Waals surface area contributed by atoms with E-state index in [-0.39, 0.29) is 17.5 Å². The van der Waals surface area contributed by atoms with E-state index >= 15 is 0 Å². The predicted molar refractivity (Wildman–Crippen MR) is 225 cm³/mol. The number of ketones is 2. The van der Waals surface area contributed by atoms with Crippen LogP contribution in [0.3, 0.4) is 0 Å². The van der Waals surface area contributed by atoms with E-state index in [9.17, 15) is 23.6 Å². The van der Waals surface area contributed by atoms with Crippen molar-refractivity contribution >= 4 is 56.1 Å². The van der Waals surface area contributed by atoms with Gasteiger partial charge in [-0.2, -0.15) is 0 Å². The largest absolute Gasteiger partial charge is 0.496 e. The van der Waals surface area contributed by atoms with Gasteiger partial charge in [0, 0.05) is 33.0 Å². The highest BCUT2D eigenvalue weighted by Crippen LogP contribution is 2.48. The summed E-state index contributed by atoms with van der Waals surface area (Å²) in [6, 6.07) is 27.1. The van der Waals surface area contributed by atoms with Crippen LogP contribution in [0.2, 0.25) is 0 Å². The molecule has 0 radical (unpaired) electrons. The summed E-state index contributed by atoms with van der Waals surface area (Å²) >= 11 is 2.60. The quantitative estimate of drug-likeness (QED) is 0.148. The molecule has 2 aromatic heterocycles. The van der Waals surface area contributed by atoms with Gasteiger partial charge in [0.05, 0.1) is 24.8 Å². The summed E-state index contributed by atoms with van der Waals surface area (Å²) in [5, 5.41) is 10.5. The number of nitrogens with one attached hydrogen (secondary N) is 2. The second-order valence-electron chi connectivity index (χ2n) is 14.2. The minimum atomic E-state index is -1.41. The highest BCUT2D eigenvalue weighted by Gasteiger charge is 2.50. The number of anilines is 2. The van der Waals surface area contributed by atoms with E-state index < -0.39 is 22.6 Å². The molecule has 0 bridgehead atoms. The molecule has 2 amide bonds. The Morgan fingerprint density at radius 2 is 1.21 bits per heavy atom. The molecule has 4 heterocycles. The number of ether oxygens (including phenoxy) is 2. The molecule has 290 valence electrons. The monoisotopic (exact) mass is 800 g/mol. The Hall–Kier alpha value is -5.91. The van der Waals surface area contributed by atoms with Gasteiger partial charge in [-0.05, 0) is 80.6 Å². The topological polar surface area (TPSA) is 111 Å². The first kappa shape index (κ1) is 39.3. The van der Waals surface area contributed by atoms with Crippen molar-refractivity contribution in [3.63, 3.8) is 0 Å². The molecule has 57 heavy (non-hydrogen) atoms. The lowest BCUT2D eigenvalue weighted by molar-refractivity contribution is -0.120. The second kappa shape index (κ2) is 15.6. The molecule has 2 aliphatic heterocycles. The van der Waals surface area contributed by atoms with E-state index in [0.717, 1.165) is 28.9 Å². The number of carbonyl (C=O) groups is 4. The van der Waals surface area contributed by atoms with Gasteiger partial charge in [-0.3, -0.25) is 19.2 Å². The maximum Gasteiger partial charge on any atom is 0.243 e. The number of rotatable bonds is 8. The molecular weight excluding hydrogens is 760 g/mol. The third-order valence-corrected chi connectivity index (χ3v) is 12.6. The molecule has 2 N–H and O–H groups in total. The maximum atomic E-state index is 14.6. The summed E-state index contributed by atoms with van der Waals surface area (Å²) in [4.78, 5) is 53.0. The first-order chi connectivity index (χ1) is 27.4. The molecule has 0 saturated heterocycles. The van der Waals surface area contributed by atoms with Crippen LogP contribution in [0.1, 0.15) is 70.7 Å². The Labute approximate surface area is 338 Å². The van der Waals surface area contributed by atoms with Gasteiger partial charge >= 0.3 is 0 Å². The number of methoxy groups -OCH3 is 1. The zero-order valence-corrected chi connectivity index (χ0v) is 34.0.